The summed E-state index contributed by atoms with van der Waals surface area (Å²) in [6.07, 6.45) is -0.376. The van der Waals surface area contributed by atoms with Gasteiger partial charge in [-0.2, -0.15) is 0 Å². The Hall–Kier alpha value is -0.420. The number of rotatable bonds is 2. The summed E-state index contributed by atoms with van der Waals surface area (Å²) < 4.78 is 0. The van der Waals surface area contributed by atoms with Crippen LogP contribution in [-0.4, -0.2) is 0 Å². The maximum atomic E-state index is 5.66. The van der Waals surface area contributed by atoms with Crippen LogP contribution in [0.2, 0.25) is 0 Å². The minimum absolute atomic E-state index is 0.0764. The van der Waals surface area contributed by atoms with Crippen LogP contribution in [0.25, 0.3) is 0 Å². The quantitative estimate of drug-likeness (QED) is 0.573. The summed E-state index contributed by atoms with van der Waals surface area (Å²) in [5, 5.41) is 1.95. The van der Waals surface area contributed by atoms with Crippen LogP contribution in [0.5, 0.6) is 0 Å². The van der Waals surface area contributed by atoms with E-state index in [2.05, 4.69) is 0 Å². The SMILES string of the molecule is C[C@@H](N)c1cc(C(N)N)cs1. The van der Waals surface area contributed by atoms with Gasteiger partial charge in [-0.3, -0.25) is 0 Å². The van der Waals surface area contributed by atoms with E-state index in [1.165, 1.54) is 0 Å². The standard InChI is InChI=1S/C7H13N3S/c1-4(8)6-2-5(3-11-6)7(9)10/h2-4,7H,8-10H2,1H3/t4-/m1/s1. The molecule has 0 aliphatic carbocycles. The zero-order chi connectivity index (χ0) is 8.43. The first-order chi connectivity index (χ1) is 5.11. The van der Waals surface area contributed by atoms with Crippen molar-refractivity contribution in [2.75, 3.05) is 0 Å². The Labute approximate surface area is 70.2 Å². The van der Waals surface area contributed by atoms with Gasteiger partial charge < -0.3 is 17.2 Å². The van der Waals surface area contributed by atoms with Crippen molar-refractivity contribution in [1.29, 1.82) is 0 Å². The van der Waals surface area contributed by atoms with Gasteiger partial charge in [0.1, 0.15) is 0 Å². The molecule has 0 saturated heterocycles. The maximum Gasteiger partial charge on any atom is 0.0792 e. The van der Waals surface area contributed by atoms with E-state index < -0.39 is 0 Å². The summed E-state index contributed by atoms with van der Waals surface area (Å²) in [5.41, 5.74) is 17.6. The lowest BCUT2D eigenvalue weighted by Gasteiger charge is -2.00. The fraction of sp³-hybridized carbons (Fsp3) is 0.429. The molecule has 1 aromatic rings. The second kappa shape index (κ2) is 3.32. The van der Waals surface area contributed by atoms with E-state index in [-0.39, 0.29) is 12.2 Å². The van der Waals surface area contributed by atoms with Crippen molar-refractivity contribution in [1.82, 2.24) is 0 Å². The molecule has 1 heterocycles. The average Bonchev–Trinajstić information content (AvgIpc) is 2.33. The first kappa shape index (κ1) is 8.67. The van der Waals surface area contributed by atoms with Crippen LogP contribution in [0.3, 0.4) is 0 Å². The normalized spacial score (nSPS) is 13.9. The Kier molecular flexibility index (Phi) is 2.62. The van der Waals surface area contributed by atoms with Gasteiger partial charge in [0.2, 0.25) is 0 Å². The van der Waals surface area contributed by atoms with Gasteiger partial charge in [-0.1, -0.05) is 0 Å². The third kappa shape index (κ3) is 2.00. The highest BCUT2D eigenvalue weighted by atomic mass is 32.1. The highest BCUT2D eigenvalue weighted by Crippen LogP contribution is 2.21. The van der Waals surface area contributed by atoms with Gasteiger partial charge in [0.15, 0.2) is 0 Å². The van der Waals surface area contributed by atoms with Crippen molar-refractivity contribution in [3.8, 4) is 0 Å². The largest absolute Gasteiger partial charge is 0.324 e. The Morgan fingerprint density at radius 2 is 2.00 bits per heavy atom. The number of thiophene rings is 1. The van der Waals surface area contributed by atoms with Crippen LogP contribution in [0.1, 0.15) is 29.6 Å². The topological polar surface area (TPSA) is 78.1 Å². The van der Waals surface area contributed by atoms with E-state index >= 15 is 0 Å². The number of hydrogen-bond acceptors (Lipinski definition) is 4. The van der Waals surface area contributed by atoms with Crippen molar-refractivity contribution in [3.63, 3.8) is 0 Å². The molecule has 0 radical (unpaired) electrons. The van der Waals surface area contributed by atoms with E-state index in [1.54, 1.807) is 11.3 Å². The third-order valence-corrected chi connectivity index (χ3v) is 2.63. The van der Waals surface area contributed by atoms with Crippen LogP contribution in [0, 0.1) is 0 Å². The predicted octanol–water partition coefficient (Wildman–Crippen LogP) is 0.684. The second-order valence-corrected chi connectivity index (χ2v) is 3.54. The molecule has 0 amide bonds. The lowest BCUT2D eigenvalue weighted by Crippen LogP contribution is -2.19. The Morgan fingerprint density at radius 1 is 1.36 bits per heavy atom. The molecule has 1 atom stereocenters. The van der Waals surface area contributed by atoms with Crippen LogP contribution >= 0.6 is 11.3 Å². The number of hydrogen-bond donors (Lipinski definition) is 3. The molecule has 11 heavy (non-hydrogen) atoms. The molecule has 1 rings (SSSR count). The van der Waals surface area contributed by atoms with E-state index in [4.69, 9.17) is 17.2 Å². The summed E-state index contributed by atoms with van der Waals surface area (Å²) in [5.74, 6) is 0. The minimum atomic E-state index is -0.376. The fourth-order valence-electron chi connectivity index (χ4n) is 0.782. The summed E-state index contributed by atoms with van der Waals surface area (Å²) in [6, 6.07) is 2.03. The zero-order valence-corrected chi connectivity index (χ0v) is 7.27. The lowest BCUT2D eigenvalue weighted by molar-refractivity contribution is 0.772. The van der Waals surface area contributed by atoms with Gasteiger partial charge in [0.25, 0.3) is 0 Å². The van der Waals surface area contributed by atoms with Gasteiger partial charge >= 0.3 is 0 Å². The second-order valence-electron chi connectivity index (χ2n) is 2.60. The molecule has 0 spiro atoms. The molecule has 0 unspecified atom stereocenters. The molecule has 1 aromatic heterocycles. The van der Waals surface area contributed by atoms with Crippen LogP contribution in [-0.2, 0) is 0 Å². The molecule has 0 fully saturated rings. The lowest BCUT2D eigenvalue weighted by atomic mass is 10.2. The highest BCUT2D eigenvalue weighted by molar-refractivity contribution is 7.10. The average molecular weight is 171 g/mol. The molecule has 0 saturated carbocycles. The molecular formula is C7H13N3S. The van der Waals surface area contributed by atoms with E-state index in [9.17, 15) is 0 Å². The first-order valence-electron chi connectivity index (χ1n) is 3.46. The molecule has 3 nitrogen and oxygen atoms in total. The third-order valence-electron chi connectivity index (χ3n) is 1.47. The van der Waals surface area contributed by atoms with E-state index in [0.717, 1.165) is 10.4 Å². The monoisotopic (exact) mass is 171 g/mol. The summed E-state index contributed by atoms with van der Waals surface area (Å²) in [6.45, 7) is 1.94. The molecule has 0 aliphatic rings. The van der Waals surface area contributed by atoms with Gasteiger partial charge in [0.05, 0.1) is 6.17 Å². The summed E-state index contributed by atoms with van der Waals surface area (Å²) in [4.78, 5) is 1.13. The Balaban J connectivity index is 2.82. The Bertz CT molecular complexity index is 207. The van der Waals surface area contributed by atoms with Crippen molar-refractivity contribution >= 4 is 11.3 Å². The molecule has 6 N–H and O–H groups in total. The molecular weight excluding hydrogens is 158 g/mol. The highest BCUT2D eigenvalue weighted by Gasteiger charge is 2.06. The van der Waals surface area contributed by atoms with Gasteiger partial charge in [0, 0.05) is 10.9 Å². The number of nitrogens with two attached hydrogens (primary N) is 3. The maximum absolute atomic E-state index is 5.66. The van der Waals surface area contributed by atoms with Crippen molar-refractivity contribution < 1.29 is 0 Å². The minimum Gasteiger partial charge on any atom is -0.324 e. The van der Waals surface area contributed by atoms with Crippen molar-refractivity contribution in [2.24, 2.45) is 17.2 Å². The van der Waals surface area contributed by atoms with Gasteiger partial charge in [-0.25, -0.2) is 0 Å². The van der Waals surface area contributed by atoms with Crippen LogP contribution in [0.15, 0.2) is 11.4 Å². The fourth-order valence-corrected chi connectivity index (χ4v) is 1.70. The molecule has 0 aromatic carbocycles. The molecule has 0 aliphatic heterocycles. The van der Waals surface area contributed by atoms with E-state index in [1.807, 2.05) is 18.4 Å². The Morgan fingerprint density at radius 3 is 2.27 bits per heavy atom. The van der Waals surface area contributed by atoms with Gasteiger partial charge in [-0.15, -0.1) is 11.3 Å². The first-order valence-corrected chi connectivity index (χ1v) is 4.34. The van der Waals surface area contributed by atoms with Crippen LogP contribution in [0.4, 0.5) is 0 Å². The van der Waals surface area contributed by atoms with Gasteiger partial charge in [-0.05, 0) is 23.9 Å². The zero-order valence-electron chi connectivity index (χ0n) is 6.45. The summed E-state index contributed by atoms with van der Waals surface area (Å²) in [7, 11) is 0. The molecule has 62 valence electrons. The van der Waals surface area contributed by atoms with Crippen molar-refractivity contribution in [3.05, 3.63) is 21.9 Å². The molecule has 4 heteroatoms. The summed E-state index contributed by atoms with van der Waals surface area (Å²) >= 11 is 1.60. The molecule has 0 bridgehead atoms. The predicted molar refractivity (Wildman–Crippen MR) is 48.0 cm³/mol. The van der Waals surface area contributed by atoms with Crippen LogP contribution < -0.4 is 17.2 Å². The van der Waals surface area contributed by atoms with E-state index in [0.29, 0.717) is 0 Å². The van der Waals surface area contributed by atoms with Crippen molar-refractivity contribution in [2.45, 2.75) is 19.1 Å². The smallest absolute Gasteiger partial charge is 0.0792 e.